The number of carbonyl (C=O) groups excluding carboxylic acids is 1. The van der Waals surface area contributed by atoms with E-state index in [4.69, 9.17) is 0 Å². The van der Waals surface area contributed by atoms with Crippen molar-refractivity contribution in [2.75, 3.05) is 38.5 Å². The minimum Gasteiger partial charge on any atom is -0.385 e. The van der Waals surface area contributed by atoms with Crippen molar-refractivity contribution in [3.8, 4) is 0 Å². The van der Waals surface area contributed by atoms with Crippen LogP contribution in [0.15, 0.2) is 18.2 Å². The molecule has 0 radical (unpaired) electrons. The quantitative estimate of drug-likeness (QED) is 0.875. The molecule has 1 unspecified atom stereocenters. The van der Waals surface area contributed by atoms with Crippen LogP contribution in [0.2, 0.25) is 0 Å². The molecule has 0 aliphatic carbocycles. The molecule has 2 N–H and O–H groups in total. The molecule has 0 bridgehead atoms. The summed E-state index contributed by atoms with van der Waals surface area (Å²) in [4.78, 5) is 14.6. The second-order valence-corrected chi connectivity index (χ2v) is 6.04. The van der Waals surface area contributed by atoms with E-state index < -0.39 is 0 Å². The van der Waals surface area contributed by atoms with E-state index in [2.05, 4.69) is 29.5 Å². The van der Waals surface area contributed by atoms with Gasteiger partial charge in [-0.25, -0.2) is 0 Å². The van der Waals surface area contributed by atoms with Gasteiger partial charge in [0.25, 0.3) is 5.91 Å². The standard InChI is InChI=1S/C17H27N3O/c1-4-18-16-8-7-15(10-13(16)2)17(21)19-11-14-6-5-9-20(3)12-14/h7-8,10,14,18H,4-6,9,11-12H2,1-3H3,(H,19,21). The Hall–Kier alpha value is -1.55. The number of benzene rings is 1. The van der Waals surface area contributed by atoms with Crippen LogP contribution >= 0.6 is 0 Å². The van der Waals surface area contributed by atoms with Gasteiger partial charge in [0.05, 0.1) is 0 Å². The summed E-state index contributed by atoms with van der Waals surface area (Å²) in [7, 11) is 2.15. The predicted molar refractivity (Wildman–Crippen MR) is 87.9 cm³/mol. The molecule has 1 aromatic carbocycles. The highest BCUT2D eigenvalue weighted by atomic mass is 16.1. The topological polar surface area (TPSA) is 44.4 Å². The van der Waals surface area contributed by atoms with Gasteiger partial charge in [-0.15, -0.1) is 0 Å². The molecule has 1 atom stereocenters. The molecule has 1 heterocycles. The van der Waals surface area contributed by atoms with Crippen molar-refractivity contribution < 1.29 is 4.79 Å². The van der Waals surface area contributed by atoms with Crippen molar-refractivity contribution in [1.82, 2.24) is 10.2 Å². The first-order valence-electron chi connectivity index (χ1n) is 7.91. The average Bonchev–Trinajstić information content (AvgIpc) is 2.47. The Morgan fingerprint density at radius 2 is 2.24 bits per heavy atom. The van der Waals surface area contributed by atoms with Gasteiger partial charge >= 0.3 is 0 Å². The lowest BCUT2D eigenvalue weighted by Crippen LogP contribution is -2.39. The Kier molecular flexibility index (Phi) is 5.62. The number of hydrogen-bond donors (Lipinski definition) is 2. The molecule has 1 aliphatic heterocycles. The Morgan fingerprint density at radius 3 is 2.90 bits per heavy atom. The Labute approximate surface area is 127 Å². The van der Waals surface area contributed by atoms with Crippen LogP contribution in [-0.2, 0) is 0 Å². The summed E-state index contributed by atoms with van der Waals surface area (Å²) in [5.74, 6) is 0.615. The van der Waals surface area contributed by atoms with Gasteiger partial charge in [0.2, 0.25) is 0 Å². The van der Waals surface area contributed by atoms with Gasteiger partial charge in [-0.2, -0.15) is 0 Å². The third-order valence-electron chi connectivity index (χ3n) is 4.13. The zero-order chi connectivity index (χ0) is 15.2. The third kappa shape index (κ3) is 4.46. The first kappa shape index (κ1) is 15.8. The molecule has 21 heavy (non-hydrogen) atoms. The number of rotatable bonds is 5. The summed E-state index contributed by atoms with van der Waals surface area (Å²) < 4.78 is 0. The minimum absolute atomic E-state index is 0.0365. The van der Waals surface area contributed by atoms with Crippen LogP contribution in [0.1, 0.15) is 35.7 Å². The summed E-state index contributed by atoms with van der Waals surface area (Å²) >= 11 is 0. The fourth-order valence-corrected chi connectivity index (χ4v) is 2.97. The van der Waals surface area contributed by atoms with Crippen LogP contribution in [0.4, 0.5) is 5.69 Å². The monoisotopic (exact) mass is 289 g/mol. The molecule has 1 aromatic rings. The Morgan fingerprint density at radius 1 is 1.43 bits per heavy atom. The van der Waals surface area contributed by atoms with Gasteiger partial charge < -0.3 is 15.5 Å². The molecule has 0 saturated carbocycles. The smallest absolute Gasteiger partial charge is 0.251 e. The van der Waals surface area contributed by atoms with Crippen LogP contribution in [0.25, 0.3) is 0 Å². The molecule has 1 saturated heterocycles. The zero-order valence-corrected chi connectivity index (χ0v) is 13.4. The third-order valence-corrected chi connectivity index (χ3v) is 4.13. The Balaban J connectivity index is 1.89. The number of anilines is 1. The van der Waals surface area contributed by atoms with Crippen LogP contribution < -0.4 is 10.6 Å². The van der Waals surface area contributed by atoms with Crippen molar-refractivity contribution in [3.63, 3.8) is 0 Å². The number of carbonyl (C=O) groups is 1. The summed E-state index contributed by atoms with van der Waals surface area (Å²) in [6, 6.07) is 5.84. The van der Waals surface area contributed by atoms with Crippen molar-refractivity contribution in [3.05, 3.63) is 29.3 Å². The van der Waals surface area contributed by atoms with E-state index >= 15 is 0 Å². The number of likely N-dealkylation sites (tertiary alicyclic amines) is 1. The SMILES string of the molecule is CCNc1ccc(C(=O)NCC2CCCN(C)C2)cc1C. The highest BCUT2D eigenvalue weighted by molar-refractivity contribution is 5.94. The molecule has 1 fully saturated rings. The molecule has 4 nitrogen and oxygen atoms in total. The first-order valence-corrected chi connectivity index (χ1v) is 7.91. The summed E-state index contributed by atoms with van der Waals surface area (Å²) in [5.41, 5.74) is 2.96. The Bertz CT molecular complexity index is 487. The van der Waals surface area contributed by atoms with Crippen LogP contribution in [0.3, 0.4) is 0 Å². The van der Waals surface area contributed by atoms with Crippen LogP contribution in [0, 0.1) is 12.8 Å². The number of piperidine rings is 1. The average molecular weight is 289 g/mol. The minimum atomic E-state index is 0.0365. The number of aryl methyl sites for hydroxylation is 1. The maximum atomic E-state index is 12.2. The molecular weight excluding hydrogens is 262 g/mol. The first-order chi connectivity index (χ1) is 10.1. The summed E-state index contributed by atoms with van der Waals surface area (Å²) in [5, 5.41) is 6.38. The second-order valence-electron chi connectivity index (χ2n) is 6.04. The number of nitrogens with one attached hydrogen (secondary N) is 2. The molecule has 1 amide bonds. The molecule has 2 rings (SSSR count). The molecule has 0 spiro atoms. The van der Waals surface area contributed by atoms with Gasteiger partial charge in [-0.3, -0.25) is 4.79 Å². The normalized spacial score (nSPS) is 19.3. The summed E-state index contributed by atoms with van der Waals surface area (Å²) in [6.45, 7) is 8.03. The predicted octanol–water partition coefficient (Wildman–Crippen LogP) is 2.50. The lowest BCUT2D eigenvalue weighted by atomic mass is 9.98. The van der Waals surface area contributed by atoms with Crippen molar-refractivity contribution in [2.45, 2.75) is 26.7 Å². The fourth-order valence-electron chi connectivity index (χ4n) is 2.97. The van der Waals surface area contributed by atoms with Crippen molar-refractivity contribution in [1.29, 1.82) is 0 Å². The largest absolute Gasteiger partial charge is 0.385 e. The molecule has 0 aromatic heterocycles. The number of hydrogen-bond acceptors (Lipinski definition) is 3. The number of amides is 1. The van der Waals surface area contributed by atoms with E-state index in [1.165, 1.54) is 19.4 Å². The van der Waals surface area contributed by atoms with Gasteiger partial charge in [0.15, 0.2) is 0 Å². The highest BCUT2D eigenvalue weighted by Gasteiger charge is 2.18. The van der Waals surface area contributed by atoms with E-state index in [0.29, 0.717) is 5.92 Å². The maximum Gasteiger partial charge on any atom is 0.251 e. The molecular formula is C17H27N3O. The van der Waals surface area contributed by atoms with E-state index in [1.807, 2.05) is 25.1 Å². The molecule has 1 aliphatic rings. The van der Waals surface area contributed by atoms with E-state index in [0.717, 1.165) is 36.4 Å². The van der Waals surface area contributed by atoms with Crippen LogP contribution in [0.5, 0.6) is 0 Å². The lowest BCUT2D eigenvalue weighted by Gasteiger charge is -2.29. The van der Waals surface area contributed by atoms with E-state index in [-0.39, 0.29) is 5.91 Å². The fraction of sp³-hybridized carbons (Fsp3) is 0.588. The van der Waals surface area contributed by atoms with Gasteiger partial charge in [0, 0.05) is 30.9 Å². The van der Waals surface area contributed by atoms with Gasteiger partial charge in [0.1, 0.15) is 0 Å². The summed E-state index contributed by atoms with van der Waals surface area (Å²) in [6.07, 6.45) is 2.44. The maximum absolute atomic E-state index is 12.2. The second kappa shape index (κ2) is 7.46. The van der Waals surface area contributed by atoms with E-state index in [9.17, 15) is 4.79 Å². The molecule has 4 heteroatoms. The van der Waals surface area contributed by atoms with Crippen LogP contribution in [-0.4, -0.2) is 44.0 Å². The van der Waals surface area contributed by atoms with Crippen molar-refractivity contribution >= 4 is 11.6 Å². The van der Waals surface area contributed by atoms with E-state index in [1.54, 1.807) is 0 Å². The van der Waals surface area contributed by atoms with Gasteiger partial charge in [-0.05, 0) is 70.0 Å². The zero-order valence-electron chi connectivity index (χ0n) is 13.4. The lowest BCUT2D eigenvalue weighted by molar-refractivity contribution is 0.0937. The highest BCUT2D eigenvalue weighted by Crippen LogP contribution is 2.17. The van der Waals surface area contributed by atoms with Crippen molar-refractivity contribution in [2.24, 2.45) is 5.92 Å². The number of nitrogens with zero attached hydrogens (tertiary/aromatic N) is 1. The molecule has 116 valence electrons. The van der Waals surface area contributed by atoms with Gasteiger partial charge in [-0.1, -0.05) is 0 Å².